The van der Waals surface area contributed by atoms with Crippen molar-refractivity contribution in [1.29, 1.82) is 0 Å². The summed E-state index contributed by atoms with van der Waals surface area (Å²) in [5, 5.41) is 0. The molecule has 0 heterocycles. The molecule has 0 aliphatic heterocycles. The van der Waals surface area contributed by atoms with Gasteiger partial charge in [0.2, 0.25) is 0 Å². The van der Waals surface area contributed by atoms with Crippen LogP contribution in [0.3, 0.4) is 0 Å². The summed E-state index contributed by atoms with van der Waals surface area (Å²) >= 11 is 0. The molecule has 0 spiro atoms. The minimum Gasteiger partial charge on any atom is -0.299 e. The van der Waals surface area contributed by atoms with Gasteiger partial charge in [-0.15, -0.1) is 4.39 Å². The summed E-state index contributed by atoms with van der Waals surface area (Å²) in [6, 6.07) is 0. The predicted molar refractivity (Wildman–Crippen MR) is 31.2 cm³/mol. The molecule has 46 valence electrons. The number of hydrogen-bond acceptors (Lipinski definition) is 1. The van der Waals surface area contributed by atoms with E-state index in [0.717, 1.165) is 0 Å². The maximum atomic E-state index is 11.3. The first-order valence-corrected chi connectivity index (χ1v) is 2.65. The molecule has 0 bridgehead atoms. The van der Waals surface area contributed by atoms with Gasteiger partial charge in [0.1, 0.15) is 12.0 Å². The highest BCUT2D eigenvalue weighted by Crippen LogP contribution is 2.12. The van der Waals surface area contributed by atoms with Crippen LogP contribution in [0.15, 0.2) is 11.6 Å². The van der Waals surface area contributed by atoms with Crippen LogP contribution in [0, 0.1) is 12.1 Å². The van der Waals surface area contributed by atoms with Gasteiger partial charge in [-0.3, -0.25) is 4.79 Å². The minimum absolute atomic E-state index is 0.118. The Bertz CT molecular complexity index is 217. The molecule has 9 heavy (non-hydrogen) atoms. The lowest BCUT2D eigenvalue weighted by Crippen LogP contribution is -1.86. The Labute approximate surface area is 52.6 Å². The highest BCUT2D eigenvalue weighted by Gasteiger charge is 2.09. The zero-order valence-electron chi connectivity index (χ0n) is 4.78. The Morgan fingerprint density at radius 3 is 2.89 bits per heavy atom. The molecule has 0 unspecified atom stereocenters. The number of ketones is 1. The molecule has 0 aromatic carbocycles. The maximum Gasteiger partial charge on any atom is 0.141 e. The molecule has 1 aliphatic carbocycles. The topological polar surface area (TPSA) is 17.1 Å². The number of hydrogen-bond donors (Lipinski definition) is 0. The summed E-state index contributed by atoms with van der Waals surface area (Å²) in [4.78, 5) is 10.5. The average molecular weight is 124 g/mol. The standard InChI is InChI=1S/C7H5FO/c8-4-3-6-1-2-7(9)5-6/h1H,2,5H2. The average Bonchev–Trinajstić information content (AvgIpc) is 2.17. The van der Waals surface area contributed by atoms with Crippen LogP contribution in [0.4, 0.5) is 4.39 Å². The van der Waals surface area contributed by atoms with Crippen molar-refractivity contribution in [1.82, 2.24) is 0 Å². The van der Waals surface area contributed by atoms with Gasteiger partial charge in [-0.1, -0.05) is 6.08 Å². The van der Waals surface area contributed by atoms with Gasteiger partial charge in [0.05, 0.1) is 0 Å². The van der Waals surface area contributed by atoms with E-state index in [1.165, 1.54) is 6.17 Å². The van der Waals surface area contributed by atoms with E-state index >= 15 is 0 Å². The van der Waals surface area contributed by atoms with Crippen LogP contribution in [-0.2, 0) is 4.79 Å². The Morgan fingerprint density at radius 1 is 1.67 bits per heavy atom. The fourth-order valence-electron chi connectivity index (χ4n) is 0.750. The van der Waals surface area contributed by atoms with E-state index in [0.29, 0.717) is 18.4 Å². The Hall–Kier alpha value is -1.10. The first kappa shape index (κ1) is 6.03. The van der Waals surface area contributed by atoms with Crippen LogP contribution >= 0.6 is 0 Å². The number of Topliss-reactive ketones (excluding diaryl/α,β-unsaturated/α-hetero) is 1. The van der Waals surface area contributed by atoms with Crippen molar-refractivity contribution < 1.29 is 9.18 Å². The third kappa shape index (κ3) is 1.39. The van der Waals surface area contributed by atoms with Crippen LogP contribution < -0.4 is 0 Å². The van der Waals surface area contributed by atoms with Crippen molar-refractivity contribution in [2.24, 2.45) is 0 Å². The molecule has 0 saturated heterocycles. The zero-order valence-corrected chi connectivity index (χ0v) is 4.78. The van der Waals surface area contributed by atoms with Crippen LogP contribution in [0.1, 0.15) is 12.8 Å². The van der Waals surface area contributed by atoms with Gasteiger partial charge in [-0.2, -0.15) is 0 Å². The van der Waals surface area contributed by atoms with E-state index in [1.54, 1.807) is 6.08 Å². The van der Waals surface area contributed by atoms with E-state index in [1.807, 2.05) is 0 Å². The van der Waals surface area contributed by atoms with E-state index in [2.05, 4.69) is 5.92 Å². The number of carbonyl (C=O) groups is 1. The molecule has 1 nitrogen and oxygen atoms in total. The third-order valence-electron chi connectivity index (χ3n) is 1.17. The molecular weight excluding hydrogens is 119 g/mol. The number of allylic oxidation sites excluding steroid dienone is 2. The quantitative estimate of drug-likeness (QED) is 0.443. The summed E-state index contributed by atoms with van der Waals surface area (Å²) in [5.41, 5.74) is 0.613. The lowest BCUT2D eigenvalue weighted by molar-refractivity contribution is -0.116. The van der Waals surface area contributed by atoms with Crippen molar-refractivity contribution in [3.8, 4) is 12.1 Å². The molecule has 0 radical (unpaired) electrons. The Kier molecular flexibility index (Phi) is 1.64. The first-order chi connectivity index (χ1) is 4.33. The largest absolute Gasteiger partial charge is 0.299 e. The highest BCUT2D eigenvalue weighted by molar-refractivity contribution is 5.86. The van der Waals surface area contributed by atoms with Crippen molar-refractivity contribution in [2.75, 3.05) is 0 Å². The van der Waals surface area contributed by atoms with Crippen LogP contribution in [0.25, 0.3) is 0 Å². The van der Waals surface area contributed by atoms with E-state index < -0.39 is 0 Å². The molecular formula is C7H5FO. The van der Waals surface area contributed by atoms with Crippen molar-refractivity contribution >= 4 is 5.78 Å². The van der Waals surface area contributed by atoms with Gasteiger partial charge in [0.15, 0.2) is 0 Å². The fraction of sp³-hybridized carbons (Fsp3) is 0.286. The lowest BCUT2D eigenvalue weighted by Gasteiger charge is -1.80. The maximum absolute atomic E-state index is 11.3. The second-order valence-corrected chi connectivity index (χ2v) is 1.87. The van der Waals surface area contributed by atoms with Gasteiger partial charge in [0, 0.05) is 18.4 Å². The van der Waals surface area contributed by atoms with Crippen molar-refractivity contribution in [2.45, 2.75) is 12.8 Å². The molecule has 0 atom stereocenters. The molecule has 0 aromatic heterocycles. The Morgan fingerprint density at radius 2 is 2.44 bits per heavy atom. The summed E-state index contributed by atoms with van der Waals surface area (Å²) in [5.74, 6) is 2.32. The summed E-state index contributed by atoms with van der Waals surface area (Å²) in [6.45, 7) is 0. The monoisotopic (exact) mass is 124 g/mol. The Balaban J connectivity index is 2.62. The van der Waals surface area contributed by atoms with Crippen LogP contribution in [-0.4, -0.2) is 5.78 Å². The second-order valence-electron chi connectivity index (χ2n) is 1.87. The molecule has 0 fully saturated rings. The number of halogens is 1. The number of rotatable bonds is 0. The zero-order chi connectivity index (χ0) is 6.69. The summed E-state index contributed by atoms with van der Waals surface area (Å²) in [6.07, 6.45) is 3.66. The van der Waals surface area contributed by atoms with Gasteiger partial charge in [-0.25, -0.2) is 0 Å². The number of carbonyl (C=O) groups excluding carboxylic acids is 1. The highest BCUT2D eigenvalue weighted by atomic mass is 19.1. The summed E-state index contributed by atoms with van der Waals surface area (Å²) in [7, 11) is 0. The molecule has 2 heteroatoms. The molecule has 0 amide bonds. The second kappa shape index (κ2) is 2.45. The molecule has 0 aromatic rings. The summed E-state index contributed by atoms with van der Waals surface area (Å²) < 4.78 is 11.3. The minimum atomic E-state index is 0.118. The van der Waals surface area contributed by atoms with Gasteiger partial charge in [-0.05, 0) is 5.92 Å². The first-order valence-electron chi connectivity index (χ1n) is 2.65. The third-order valence-corrected chi connectivity index (χ3v) is 1.17. The van der Waals surface area contributed by atoms with Crippen molar-refractivity contribution in [3.05, 3.63) is 11.6 Å². The van der Waals surface area contributed by atoms with Gasteiger partial charge < -0.3 is 0 Å². The van der Waals surface area contributed by atoms with Gasteiger partial charge >= 0.3 is 0 Å². The normalized spacial score (nSPS) is 16.6. The molecule has 1 aliphatic rings. The van der Waals surface area contributed by atoms with Crippen LogP contribution in [0.5, 0.6) is 0 Å². The molecule has 0 N–H and O–H groups in total. The molecule has 0 saturated carbocycles. The molecule has 1 rings (SSSR count). The van der Waals surface area contributed by atoms with Gasteiger partial charge in [0.25, 0.3) is 0 Å². The van der Waals surface area contributed by atoms with E-state index in [9.17, 15) is 9.18 Å². The SMILES string of the molecule is O=C1CC=C(C#CF)C1. The predicted octanol–water partition coefficient (Wildman–Crippen LogP) is 1.21. The van der Waals surface area contributed by atoms with E-state index in [4.69, 9.17) is 0 Å². The fourth-order valence-corrected chi connectivity index (χ4v) is 0.750. The lowest BCUT2D eigenvalue weighted by atomic mass is 10.2. The van der Waals surface area contributed by atoms with E-state index in [-0.39, 0.29) is 5.78 Å². The van der Waals surface area contributed by atoms with Crippen LogP contribution in [0.2, 0.25) is 0 Å². The smallest absolute Gasteiger partial charge is 0.141 e. The van der Waals surface area contributed by atoms with Crippen molar-refractivity contribution in [3.63, 3.8) is 0 Å².